The molecule has 1 unspecified atom stereocenters. The van der Waals surface area contributed by atoms with Gasteiger partial charge in [-0.15, -0.1) is 0 Å². The van der Waals surface area contributed by atoms with E-state index in [1.165, 1.54) is 0 Å². The smallest absolute Gasteiger partial charge is 0.154 e. The zero-order valence-corrected chi connectivity index (χ0v) is 14.3. The molecule has 0 amide bonds. The van der Waals surface area contributed by atoms with Crippen LogP contribution in [-0.4, -0.2) is 24.8 Å². The fourth-order valence-electron chi connectivity index (χ4n) is 4.33. The van der Waals surface area contributed by atoms with E-state index in [1.54, 1.807) is 19.2 Å². The number of carbonyl (C=O) groups is 2. The van der Waals surface area contributed by atoms with Gasteiger partial charge in [-0.2, -0.15) is 5.90 Å². The van der Waals surface area contributed by atoms with E-state index in [1.807, 2.05) is 13.0 Å². The number of hydrogen-bond acceptors (Lipinski definition) is 5. The number of ether oxygens (including phenoxy) is 1. The first kappa shape index (κ1) is 17.1. The van der Waals surface area contributed by atoms with Crippen LogP contribution < -0.4 is 10.7 Å². The number of carbonyl (C=O) groups excluding carboxylic acids is 2. The fraction of sp³-hybridized carbons (Fsp3) is 0.579. The van der Waals surface area contributed by atoms with E-state index in [2.05, 4.69) is 0 Å². The monoisotopic (exact) mass is 331 g/mol. The number of Topliss-reactive ketones (excluding diaryl/α,β-unsaturated/α-hetero) is 2. The third-order valence-corrected chi connectivity index (χ3v) is 5.79. The molecule has 0 heterocycles. The average Bonchev–Trinajstić information content (AvgIpc) is 2.85. The normalized spacial score (nSPS) is 30.1. The summed E-state index contributed by atoms with van der Waals surface area (Å²) in [6, 6.07) is 5.41. The molecule has 1 aromatic rings. The number of rotatable bonds is 4. The molecule has 130 valence electrons. The molecule has 5 heteroatoms. The second kappa shape index (κ2) is 6.65. The topological polar surface area (TPSA) is 78.6 Å². The van der Waals surface area contributed by atoms with Crippen molar-refractivity contribution in [3.63, 3.8) is 0 Å². The molecule has 0 bridgehead atoms. The van der Waals surface area contributed by atoms with Crippen molar-refractivity contribution in [2.75, 3.05) is 7.11 Å². The first-order valence-corrected chi connectivity index (χ1v) is 8.64. The maximum absolute atomic E-state index is 13.2. The molecule has 24 heavy (non-hydrogen) atoms. The number of hydrogen-bond donors (Lipinski definition) is 1. The molecular weight excluding hydrogens is 306 g/mol. The van der Waals surface area contributed by atoms with Gasteiger partial charge in [0.1, 0.15) is 17.5 Å². The summed E-state index contributed by atoms with van der Waals surface area (Å²) in [6.45, 7) is 2.02. The summed E-state index contributed by atoms with van der Waals surface area (Å²) >= 11 is 0. The van der Waals surface area contributed by atoms with Crippen LogP contribution in [0.15, 0.2) is 18.2 Å². The van der Waals surface area contributed by atoms with Crippen LogP contribution in [-0.2, 0) is 20.7 Å². The molecule has 0 aromatic heterocycles. The lowest BCUT2D eigenvalue weighted by atomic mass is 9.70. The lowest BCUT2D eigenvalue weighted by Gasteiger charge is -2.35. The van der Waals surface area contributed by atoms with Crippen LogP contribution in [0.2, 0.25) is 0 Å². The van der Waals surface area contributed by atoms with Crippen LogP contribution in [0.5, 0.6) is 5.75 Å². The van der Waals surface area contributed by atoms with Gasteiger partial charge in [-0.3, -0.25) is 9.59 Å². The zero-order chi connectivity index (χ0) is 17.3. The van der Waals surface area contributed by atoms with Crippen molar-refractivity contribution in [2.24, 2.45) is 11.3 Å². The predicted molar refractivity (Wildman–Crippen MR) is 89.7 cm³/mol. The van der Waals surface area contributed by atoms with E-state index in [0.717, 1.165) is 43.2 Å². The minimum atomic E-state index is -0.672. The molecule has 1 spiro atoms. The van der Waals surface area contributed by atoms with Crippen molar-refractivity contribution in [3.05, 3.63) is 29.3 Å². The average molecular weight is 331 g/mol. The molecule has 0 aliphatic heterocycles. The minimum absolute atomic E-state index is 0.0275. The van der Waals surface area contributed by atoms with Crippen LogP contribution in [0.3, 0.4) is 0 Å². The van der Waals surface area contributed by atoms with Gasteiger partial charge in [0.05, 0.1) is 6.10 Å². The molecular formula is C19H25NO4. The molecule has 2 aliphatic carbocycles. The zero-order valence-electron chi connectivity index (χ0n) is 14.3. The van der Waals surface area contributed by atoms with E-state index in [4.69, 9.17) is 15.5 Å². The Labute approximate surface area is 142 Å². The SMILES string of the molecule is CCc1ccc(ON)cc1C1C(=O)CC2(CCC(OC)CC2)C1=O. The maximum atomic E-state index is 13.2. The third kappa shape index (κ3) is 2.76. The number of aryl methyl sites for hydroxylation is 1. The van der Waals surface area contributed by atoms with Gasteiger partial charge in [0.2, 0.25) is 0 Å². The first-order valence-electron chi connectivity index (χ1n) is 8.64. The van der Waals surface area contributed by atoms with Crippen molar-refractivity contribution in [2.45, 2.75) is 57.5 Å². The number of methoxy groups -OCH3 is 1. The van der Waals surface area contributed by atoms with Gasteiger partial charge in [0, 0.05) is 18.9 Å². The Morgan fingerprint density at radius 2 is 1.96 bits per heavy atom. The highest BCUT2D eigenvalue weighted by atomic mass is 16.6. The van der Waals surface area contributed by atoms with Crippen LogP contribution in [0.25, 0.3) is 0 Å². The van der Waals surface area contributed by atoms with Crippen molar-refractivity contribution >= 4 is 11.6 Å². The molecule has 2 saturated carbocycles. The van der Waals surface area contributed by atoms with Crippen LogP contribution in [0, 0.1) is 5.41 Å². The van der Waals surface area contributed by atoms with E-state index in [-0.39, 0.29) is 17.7 Å². The lowest BCUT2D eigenvalue weighted by Crippen LogP contribution is -2.35. The molecule has 1 aromatic carbocycles. The van der Waals surface area contributed by atoms with Crippen LogP contribution in [0.1, 0.15) is 56.1 Å². The van der Waals surface area contributed by atoms with E-state index in [0.29, 0.717) is 12.2 Å². The Balaban J connectivity index is 1.93. The second-order valence-corrected chi connectivity index (χ2v) is 6.99. The fourth-order valence-corrected chi connectivity index (χ4v) is 4.33. The number of nitrogens with two attached hydrogens (primary N) is 1. The van der Waals surface area contributed by atoms with Crippen molar-refractivity contribution < 1.29 is 19.2 Å². The van der Waals surface area contributed by atoms with Gasteiger partial charge in [0.15, 0.2) is 5.78 Å². The summed E-state index contributed by atoms with van der Waals surface area (Å²) < 4.78 is 5.41. The largest absolute Gasteiger partial charge is 0.412 e. The lowest BCUT2D eigenvalue weighted by molar-refractivity contribution is -0.130. The van der Waals surface area contributed by atoms with Crippen molar-refractivity contribution in [1.82, 2.24) is 0 Å². The quantitative estimate of drug-likeness (QED) is 0.678. The summed E-state index contributed by atoms with van der Waals surface area (Å²) in [6.07, 6.45) is 4.48. The Morgan fingerprint density at radius 3 is 2.54 bits per heavy atom. The molecule has 2 fully saturated rings. The maximum Gasteiger partial charge on any atom is 0.154 e. The molecule has 2 aliphatic rings. The molecule has 3 rings (SSSR count). The standard InChI is InChI=1S/C19H25NO4/c1-3-12-4-5-14(24-20)10-15(12)17-16(21)11-19(18(17)22)8-6-13(23-2)7-9-19/h4-5,10,13,17H,3,6-9,11,20H2,1-2H3. The molecule has 5 nitrogen and oxygen atoms in total. The minimum Gasteiger partial charge on any atom is -0.412 e. The Bertz CT molecular complexity index is 647. The number of benzene rings is 1. The van der Waals surface area contributed by atoms with Gasteiger partial charge in [0.25, 0.3) is 0 Å². The second-order valence-electron chi connectivity index (χ2n) is 6.99. The van der Waals surface area contributed by atoms with Gasteiger partial charge in [-0.25, -0.2) is 0 Å². The predicted octanol–water partition coefficient (Wildman–Crippen LogP) is 2.70. The van der Waals surface area contributed by atoms with Gasteiger partial charge >= 0.3 is 0 Å². The Morgan fingerprint density at radius 1 is 1.25 bits per heavy atom. The summed E-state index contributed by atoms with van der Waals surface area (Å²) in [4.78, 5) is 30.8. The van der Waals surface area contributed by atoms with Gasteiger partial charge in [-0.05, 0) is 55.4 Å². The molecule has 1 atom stereocenters. The summed E-state index contributed by atoms with van der Waals surface area (Å²) in [5.74, 6) is 5.17. The highest BCUT2D eigenvalue weighted by Crippen LogP contribution is 2.51. The molecule has 0 radical (unpaired) electrons. The van der Waals surface area contributed by atoms with E-state index in [9.17, 15) is 9.59 Å². The Kier molecular flexibility index (Phi) is 4.74. The Hall–Kier alpha value is -1.72. The van der Waals surface area contributed by atoms with E-state index >= 15 is 0 Å². The molecule has 0 saturated heterocycles. The highest BCUT2D eigenvalue weighted by Gasteiger charge is 2.54. The van der Waals surface area contributed by atoms with Crippen LogP contribution in [0.4, 0.5) is 0 Å². The third-order valence-electron chi connectivity index (χ3n) is 5.79. The summed E-state index contributed by atoms with van der Waals surface area (Å²) in [5.41, 5.74) is 1.27. The summed E-state index contributed by atoms with van der Waals surface area (Å²) in [5, 5.41) is 0. The molecule has 2 N–H and O–H groups in total. The van der Waals surface area contributed by atoms with Crippen molar-refractivity contribution in [1.29, 1.82) is 0 Å². The first-order chi connectivity index (χ1) is 11.5. The van der Waals surface area contributed by atoms with E-state index < -0.39 is 11.3 Å². The summed E-state index contributed by atoms with van der Waals surface area (Å²) in [7, 11) is 1.71. The highest BCUT2D eigenvalue weighted by molar-refractivity contribution is 6.16. The van der Waals surface area contributed by atoms with Gasteiger partial charge in [-0.1, -0.05) is 13.0 Å². The van der Waals surface area contributed by atoms with Crippen LogP contribution >= 0.6 is 0 Å². The number of ketones is 2. The van der Waals surface area contributed by atoms with Gasteiger partial charge < -0.3 is 9.57 Å². The van der Waals surface area contributed by atoms with Crippen molar-refractivity contribution in [3.8, 4) is 5.75 Å².